The van der Waals surface area contributed by atoms with E-state index in [2.05, 4.69) is 15.2 Å². The van der Waals surface area contributed by atoms with E-state index in [-0.39, 0.29) is 6.79 Å². The molecule has 0 N–H and O–H groups in total. The summed E-state index contributed by atoms with van der Waals surface area (Å²) in [6.45, 7) is 0.268. The summed E-state index contributed by atoms with van der Waals surface area (Å²) in [5.74, 6) is 1.49. The Balaban J connectivity index is 2.04. The molecule has 0 amide bonds. The monoisotopic (exact) mass is 292 g/mol. The molecular formula is C13H16N4O2S. The van der Waals surface area contributed by atoms with Gasteiger partial charge in [0, 0.05) is 14.1 Å². The van der Waals surface area contributed by atoms with Crippen molar-refractivity contribution in [1.29, 1.82) is 0 Å². The van der Waals surface area contributed by atoms with Crippen LogP contribution in [0.4, 0.5) is 0 Å². The lowest BCUT2D eigenvalue weighted by molar-refractivity contribution is 0.174. The van der Waals surface area contributed by atoms with E-state index in [1.165, 1.54) is 11.8 Å². The zero-order chi connectivity index (χ0) is 14.4. The van der Waals surface area contributed by atoms with Crippen LogP contribution in [0.5, 0.6) is 11.5 Å². The van der Waals surface area contributed by atoms with Crippen molar-refractivity contribution in [3.05, 3.63) is 23.8 Å². The first-order valence-corrected chi connectivity index (χ1v) is 7.17. The Bertz CT molecular complexity index is 555. The summed E-state index contributed by atoms with van der Waals surface area (Å²) in [4.78, 5) is 6.03. The second-order valence-corrected chi connectivity index (χ2v) is 4.93. The van der Waals surface area contributed by atoms with Gasteiger partial charge in [-0.25, -0.2) is 4.99 Å². The highest BCUT2D eigenvalue weighted by molar-refractivity contribution is 8.13. The maximum Gasteiger partial charge on any atom is 0.231 e. The molecule has 0 radical (unpaired) electrons. The Morgan fingerprint density at radius 1 is 1.30 bits per heavy atom. The van der Waals surface area contributed by atoms with E-state index < -0.39 is 0 Å². The number of benzene rings is 1. The normalized spacial score (nSPS) is 14.4. The number of hydrogen-bond donors (Lipinski definition) is 0. The fourth-order valence-corrected chi connectivity index (χ4v) is 1.70. The van der Waals surface area contributed by atoms with E-state index in [0.29, 0.717) is 5.17 Å². The molecule has 0 bridgehead atoms. The first kappa shape index (κ1) is 14.4. The van der Waals surface area contributed by atoms with Gasteiger partial charge in [-0.05, 0) is 30.0 Å². The molecule has 1 aliphatic rings. The summed E-state index contributed by atoms with van der Waals surface area (Å²) < 4.78 is 10.5. The Morgan fingerprint density at radius 3 is 2.85 bits per heavy atom. The topological polar surface area (TPSA) is 58.8 Å². The Kier molecular flexibility index (Phi) is 5.00. The number of rotatable bonds is 3. The van der Waals surface area contributed by atoms with E-state index in [1.807, 2.05) is 43.5 Å². The van der Waals surface area contributed by atoms with E-state index in [4.69, 9.17) is 9.47 Å². The van der Waals surface area contributed by atoms with Crippen molar-refractivity contribution in [2.45, 2.75) is 0 Å². The van der Waals surface area contributed by atoms with Crippen molar-refractivity contribution in [1.82, 2.24) is 4.90 Å². The van der Waals surface area contributed by atoms with Gasteiger partial charge in [0.25, 0.3) is 0 Å². The predicted molar refractivity (Wildman–Crippen MR) is 83.3 cm³/mol. The summed E-state index contributed by atoms with van der Waals surface area (Å²) in [7, 11) is 3.80. The van der Waals surface area contributed by atoms with Crippen LogP contribution >= 0.6 is 11.8 Å². The highest BCUT2D eigenvalue weighted by atomic mass is 32.2. The van der Waals surface area contributed by atoms with Crippen molar-refractivity contribution in [3.63, 3.8) is 0 Å². The van der Waals surface area contributed by atoms with Gasteiger partial charge in [0.1, 0.15) is 0 Å². The number of thioether (sulfide) groups is 1. The molecule has 0 saturated carbocycles. The van der Waals surface area contributed by atoms with Gasteiger partial charge in [0.05, 0.1) is 12.6 Å². The first-order valence-electron chi connectivity index (χ1n) is 5.94. The number of hydrogen-bond acceptors (Lipinski definition) is 5. The third-order valence-electron chi connectivity index (χ3n) is 2.33. The van der Waals surface area contributed by atoms with E-state index in [0.717, 1.165) is 17.1 Å². The molecule has 2 rings (SSSR count). The number of ether oxygens (including phenoxy) is 2. The molecule has 0 aliphatic carbocycles. The lowest BCUT2D eigenvalue weighted by Crippen LogP contribution is -2.08. The molecule has 0 spiro atoms. The van der Waals surface area contributed by atoms with Crippen molar-refractivity contribution < 1.29 is 9.47 Å². The SMILES string of the molecule is CS/C(N=CN(C)C)=N\N=C\c1ccc2c(c1)OCO2. The second-order valence-electron chi connectivity index (χ2n) is 4.15. The maximum absolute atomic E-state index is 5.30. The lowest BCUT2D eigenvalue weighted by Gasteiger charge is -2.01. The van der Waals surface area contributed by atoms with Gasteiger partial charge in [-0.2, -0.15) is 5.10 Å². The van der Waals surface area contributed by atoms with Crippen molar-refractivity contribution in [3.8, 4) is 11.5 Å². The van der Waals surface area contributed by atoms with E-state index in [1.54, 1.807) is 12.6 Å². The minimum atomic E-state index is 0.268. The molecule has 0 fully saturated rings. The third kappa shape index (κ3) is 3.99. The molecule has 0 unspecified atom stereocenters. The molecule has 6 nitrogen and oxygen atoms in total. The Hall–Kier alpha value is -2.02. The molecule has 1 aromatic rings. The molecular weight excluding hydrogens is 276 g/mol. The number of amidine groups is 1. The van der Waals surface area contributed by atoms with Gasteiger partial charge in [0.2, 0.25) is 12.0 Å². The molecule has 0 aromatic heterocycles. The number of aliphatic imine (C=N–C) groups is 1. The minimum Gasteiger partial charge on any atom is -0.454 e. The summed E-state index contributed by atoms with van der Waals surface area (Å²) in [6, 6.07) is 5.62. The van der Waals surface area contributed by atoms with Crippen molar-refractivity contribution in [2.75, 3.05) is 27.1 Å². The average Bonchev–Trinajstić information content (AvgIpc) is 2.89. The van der Waals surface area contributed by atoms with Crippen LogP contribution in [0.1, 0.15) is 5.56 Å². The predicted octanol–water partition coefficient (Wildman–Crippen LogP) is 2.06. The summed E-state index contributed by atoms with van der Waals surface area (Å²) in [6.07, 6.45) is 5.25. The van der Waals surface area contributed by atoms with Crippen LogP contribution in [0.15, 0.2) is 33.4 Å². The Morgan fingerprint density at radius 2 is 2.10 bits per heavy atom. The van der Waals surface area contributed by atoms with Gasteiger partial charge in [-0.1, -0.05) is 11.8 Å². The lowest BCUT2D eigenvalue weighted by atomic mass is 10.2. The quantitative estimate of drug-likeness (QED) is 0.486. The maximum atomic E-state index is 5.30. The van der Waals surface area contributed by atoms with Crippen LogP contribution in [-0.4, -0.2) is 49.8 Å². The smallest absolute Gasteiger partial charge is 0.231 e. The average molecular weight is 292 g/mol. The van der Waals surface area contributed by atoms with Crippen LogP contribution in [0, 0.1) is 0 Å². The summed E-state index contributed by atoms with van der Waals surface area (Å²) in [5.41, 5.74) is 0.898. The summed E-state index contributed by atoms with van der Waals surface area (Å²) >= 11 is 1.43. The van der Waals surface area contributed by atoms with Gasteiger partial charge < -0.3 is 14.4 Å². The minimum absolute atomic E-state index is 0.268. The van der Waals surface area contributed by atoms with Crippen LogP contribution in [0.25, 0.3) is 0 Å². The van der Waals surface area contributed by atoms with Crippen LogP contribution in [0.3, 0.4) is 0 Å². The molecule has 0 saturated heterocycles. The molecule has 1 aliphatic heterocycles. The molecule has 1 heterocycles. The van der Waals surface area contributed by atoms with Gasteiger partial charge in [0.15, 0.2) is 11.5 Å². The van der Waals surface area contributed by atoms with Crippen LogP contribution in [0.2, 0.25) is 0 Å². The van der Waals surface area contributed by atoms with Gasteiger partial charge in [-0.3, -0.25) is 0 Å². The number of fused-ring (bicyclic) bond motifs is 1. The standard InChI is InChI=1S/C13H16N4O2S/c1-17(2)8-14-13(20-3)16-15-7-10-4-5-11-12(6-10)19-9-18-11/h4-8H,9H2,1-3H3/b14-8?,15-7+,16-13-. The van der Waals surface area contributed by atoms with Crippen LogP contribution in [-0.2, 0) is 0 Å². The highest BCUT2D eigenvalue weighted by Gasteiger charge is 2.12. The zero-order valence-corrected chi connectivity index (χ0v) is 12.4. The highest BCUT2D eigenvalue weighted by Crippen LogP contribution is 2.31. The van der Waals surface area contributed by atoms with Gasteiger partial charge in [-0.15, -0.1) is 5.10 Å². The van der Waals surface area contributed by atoms with Gasteiger partial charge >= 0.3 is 0 Å². The first-order chi connectivity index (χ1) is 9.69. The van der Waals surface area contributed by atoms with E-state index in [9.17, 15) is 0 Å². The molecule has 0 atom stereocenters. The second kappa shape index (κ2) is 6.95. The third-order valence-corrected chi connectivity index (χ3v) is 2.88. The largest absolute Gasteiger partial charge is 0.454 e. The Labute approximate surface area is 122 Å². The van der Waals surface area contributed by atoms with Crippen molar-refractivity contribution >= 4 is 29.5 Å². The fourth-order valence-electron chi connectivity index (χ4n) is 1.42. The zero-order valence-electron chi connectivity index (χ0n) is 11.6. The molecule has 1 aromatic carbocycles. The number of nitrogens with zero attached hydrogens (tertiary/aromatic N) is 4. The molecule has 106 valence electrons. The van der Waals surface area contributed by atoms with Crippen molar-refractivity contribution in [2.24, 2.45) is 15.2 Å². The molecule has 7 heteroatoms. The van der Waals surface area contributed by atoms with Crippen LogP contribution < -0.4 is 9.47 Å². The summed E-state index contributed by atoms with van der Waals surface area (Å²) in [5, 5.41) is 8.68. The van der Waals surface area contributed by atoms with E-state index >= 15 is 0 Å². The fraction of sp³-hybridized carbons (Fsp3) is 0.308. The molecule has 20 heavy (non-hydrogen) atoms.